The molecule has 13 heteroatoms. The number of rotatable bonds is 4. The molecule has 3 aromatic rings. The number of pyridine rings is 2. The number of carbonyl (C=O) groups is 1. The van der Waals surface area contributed by atoms with Crippen molar-refractivity contribution < 1.29 is 41.0 Å². The average Bonchev–Trinajstić information content (AvgIpc) is 2.92. The molecule has 0 bridgehead atoms. The van der Waals surface area contributed by atoms with Crippen LogP contribution in [0.2, 0.25) is 0 Å². The Morgan fingerprint density at radius 1 is 1.07 bits per heavy atom. The number of hydrogen-bond acceptors (Lipinski definition) is 6. The third-order valence-electron chi connectivity index (χ3n) is 5.91. The first kappa shape index (κ1) is 28.8. The van der Waals surface area contributed by atoms with E-state index < -0.39 is 30.1 Å². The van der Waals surface area contributed by atoms with Crippen molar-refractivity contribution in [1.29, 1.82) is 0 Å². The molecule has 1 aliphatic rings. The average molecular weight is 564 g/mol. The van der Waals surface area contributed by atoms with Crippen molar-refractivity contribution in [2.75, 3.05) is 36.5 Å². The van der Waals surface area contributed by atoms with Crippen molar-refractivity contribution in [2.24, 2.45) is 0 Å². The van der Waals surface area contributed by atoms with Gasteiger partial charge < -0.3 is 20.1 Å². The van der Waals surface area contributed by atoms with Crippen LogP contribution >= 0.6 is 0 Å². The summed E-state index contributed by atoms with van der Waals surface area (Å²) in [5.74, 6) is 3.69. The van der Waals surface area contributed by atoms with Crippen molar-refractivity contribution in [2.45, 2.75) is 25.4 Å². The minimum atomic E-state index is -4.92. The highest BCUT2D eigenvalue weighted by molar-refractivity contribution is 6.04. The van der Waals surface area contributed by atoms with Gasteiger partial charge in [-0.2, -0.15) is 26.3 Å². The maximum atomic E-state index is 13.0. The number of aliphatic hydroxyl groups excluding tert-OH is 1. The number of hydrogen-bond donors (Lipinski definition) is 2. The van der Waals surface area contributed by atoms with Gasteiger partial charge in [-0.15, -0.1) is 0 Å². The van der Waals surface area contributed by atoms with Gasteiger partial charge in [0.05, 0.1) is 13.2 Å². The lowest BCUT2D eigenvalue weighted by Crippen LogP contribution is -2.36. The maximum Gasteiger partial charge on any atom is 0.433 e. The minimum absolute atomic E-state index is 0.0207. The summed E-state index contributed by atoms with van der Waals surface area (Å²) in [7, 11) is 0. The van der Waals surface area contributed by atoms with Gasteiger partial charge in [-0.1, -0.05) is 12.0 Å². The number of ether oxygens (including phenoxy) is 1. The Morgan fingerprint density at radius 2 is 1.80 bits per heavy atom. The quantitative estimate of drug-likeness (QED) is 0.349. The van der Waals surface area contributed by atoms with Crippen LogP contribution in [0, 0.1) is 18.8 Å². The number of alkyl halides is 6. The standard InChI is InChI=1S/C27H22F6N4O3/c1-16-2-3-20(36-25(39)17-6-7-34-22(13-17)26(28,29)30)15-21(16)18-12-19(4-5-23(38)27(31,32)33)35-24(14-18)37-8-10-40-11-9-37/h2-3,6-7,12-15,23,38H,8-11H2,1H3,(H,36,39)/t23-/m1/s1. The van der Waals surface area contributed by atoms with E-state index >= 15 is 0 Å². The number of aromatic nitrogens is 2. The second-order valence-electron chi connectivity index (χ2n) is 8.82. The number of aryl methyl sites for hydroxylation is 1. The summed E-state index contributed by atoms with van der Waals surface area (Å²) in [6.45, 7) is 3.58. The normalized spacial score (nSPS) is 14.8. The molecule has 1 aliphatic heterocycles. The minimum Gasteiger partial charge on any atom is -0.378 e. The Kier molecular flexibility index (Phi) is 8.32. The van der Waals surface area contributed by atoms with Crippen LogP contribution in [0.15, 0.2) is 48.7 Å². The Balaban J connectivity index is 1.69. The van der Waals surface area contributed by atoms with Gasteiger partial charge in [-0.25, -0.2) is 4.98 Å². The van der Waals surface area contributed by atoms with Gasteiger partial charge in [-0.3, -0.25) is 9.78 Å². The number of morpholine rings is 1. The zero-order valence-electron chi connectivity index (χ0n) is 20.9. The summed E-state index contributed by atoms with van der Waals surface area (Å²) in [5.41, 5.74) is 0.604. The van der Waals surface area contributed by atoms with E-state index in [1.54, 1.807) is 37.1 Å². The summed E-state index contributed by atoms with van der Waals surface area (Å²) in [6, 6.07) is 9.77. The fourth-order valence-electron chi connectivity index (χ4n) is 3.85. The molecule has 0 unspecified atom stereocenters. The third-order valence-corrected chi connectivity index (χ3v) is 5.91. The second-order valence-corrected chi connectivity index (χ2v) is 8.82. The van der Waals surface area contributed by atoms with Gasteiger partial charge in [0, 0.05) is 30.5 Å². The molecule has 0 aliphatic carbocycles. The van der Waals surface area contributed by atoms with E-state index in [2.05, 4.69) is 21.2 Å². The zero-order valence-corrected chi connectivity index (χ0v) is 20.9. The van der Waals surface area contributed by atoms with Gasteiger partial charge in [0.15, 0.2) is 0 Å². The van der Waals surface area contributed by atoms with Crippen LogP contribution in [0.4, 0.5) is 37.8 Å². The molecule has 2 N–H and O–H groups in total. The summed E-state index contributed by atoms with van der Waals surface area (Å²) in [4.78, 5) is 22.2. The molecule has 7 nitrogen and oxygen atoms in total. The third kappa shape index (κ3) is 7.08. The van der Waals surface area contributed by atoms with E-state index in [1.165, 1.54) is 6.07 Å². The SMILES string of the molecule is Cc1ccc(NC(=O)c2ccnc(C(F)(F)F)c2)cc1-c1cc(C#C[C@@H](O)C(F)(F)F)nc(N2CCOCC2)c1. The maximum absolute atomic E-state index is 13.0. The van der Waals surface area contributed by atoms with Crippen LogP contribution in [-0.2, 0) is 10.9 Å². The number of nitrogens with one attached hydrogen (secondary N) is 1. The van der Waals surface area contributed by atoms with E-state index in [0.717, 1.165) is 17.8 Å². The molecule has 0 spiro atoms. The molecule has 40 heavy (non-hydrogen) atoms. The first-order valence-electron chi connectivity index (χ1n) is 11.9. The highest BCUT2D eigenvalue weighted by Gasteiger charge is 2.37. The molecule has 3 heterocycles. The number of aliphatic hydroxyl groups is 1. The first-order valence-corrected chi connectivity index (χ1v) is 11.9. The Labute approximate surface area is 224 Å². The largest absolute Gasteiger partial charge is 0.433 e. The molecule has 1 aromatic carbocycles. The van der Waals surface area contributed by atoms with Crippen molar-refractivity contribution >= 4 is 17.4 Å². The first-order chi connectivity index (χ1) is 18.8. The van der Waals surface area contributed by atoms with Crippen LogP contribution in [0.5, 0.6) is 0 Å². The summed E-state index contributed by atoms with van der Waals surface area (Å²) in [5, 5.41) is 11.9. The summed E-state index contributed by atoms with van der Waals surface area (Å²) < 4.78 is 82.7. The molecule has 1 atom stereocenters. The molecular formula is C27H22F6N4O3. The number of carbonyl (C=O) groups excluding carboxylic acids is 1. The van der Waals surface area contributed by atoms with Gasteiger partial charge in [0.25, 0.3) is 5.91 Å². The van der Waals surface area contributed by atoms with E-state index in [0.29, 0.717) is 49.3 Å². The van der Waals surface area contributed by atoms with Crippen molar-refractivity contribution in [3.63, 3.8) is 0 Å². The highest BCUT2D eigenvalue weighted by Crippen LogP contribution is 2.31. The van der Waals surface area contributed by atoms with Crippen LogP contribution in [0.1, 0.15) is 27.3 Å². The zero-order chi connectivity index (χ0) is 29.1. The Hall–Kier alpha value is -4.15. The van der Waals surface area contributed by atoms with Crippen molar-refractivity contribution in [1.82, 2.24) is 9.97 Å². The Bertz CT molecular complexity index is 1460. The van der Waals surface area contributed by atoms with E-state index in [-0.39, 0.29) is 16.9 Å². The topological polar surface area (TPSA) is 87.6 Å². The number of benzene rings is 1. The highest BCUT2D eigenvalue weighted by atomic mass is 19.4. The molecule has 1 fully saturated rings. The molecule has 1 saturated heterocycles. The lowest BCUT2D eigenvalue weighted by atomic mass is 9.99. The van der Waals surface area contributed by atoms with Gasteiger partial charge in [0.2, 0.25) is 6.10 Å². The number of amides is 1. The fourth-order valence-corrected chi connectivity index (χ4v) is 3.85. The number of nitrogens with zero attached hydrogens (tertiary/aromatic N) is 3. The molecular weight excluding hydrogens is 542 g/mol. The van der Waals surface area contributed by atoms with Crippen LogP contribution in [-0.4, -0.2) is 59.6 Å². The predicted octanol–water partition coefficient (Wildman–Crippen LogP) is 4.83. The molecule has 2 aromatic heterocycles. The van der Waals surface area contributed by atoms with Gasteiger partial charge in [-0.05, 0) is 65.9 Å². The molecule has 210 valence electrons. The molecule has 4 rings (SSSR count). The van der Waals surface area contributed by atoms with E-state index in [9.17, 15) is 36.2 Å². The molecule has 1 amide bonds. The smallest absolute Gasteiger partial charge is 0.378 e. The molecule has 0 radical (unpaired) electrons. The lowest BCUT2D eigenvalue weighted by molar-refractivity contribution is -0.184. The predicted molar refractivity (Wildman–Crippen MR) is 134 cm³/mol. The van der Waals surface area contributed by atoms with Gasteiger partial charge in [0.1, 0.15) is 17.2 Å². The van der Waals surface area contributed by atoms with E-state index in [4.69, 9.17) is 4.74 Å². The second kappa shape index (κ2) is 11.5. The van der Waals surface area contributed by atoms with Crippen LogP contribution in [0.3, 0.4) is 0 Å². The fraction of sp³-hybridized carbons (Fsp3) is 0.296. The Morgan fingerprint density at radius 3 is 2.48 bits per heavy atom. The van der Waals surface area contributed by atoms with E-state index in [1.807, 2.05) is 4.90 Å². The molecule has 0 saturated carbocycles. The number of anilines is 2. The summed E-state index contributed by atoms with van der Waals surface area (Å²) >= 11 is 0. The van der Waals surface area contributed by atoms with Crippen LogP contribution in [0.25, 0.3) is 11.1 Å². The van der Waals surface area contributed by atoms with Gasteiger partial charge >= 0.3 is 12.4 Å². The lowest BCUT2D eigenvalue weighted by Gasteiger charge is -2.28. The van der Waals surface area contributed by atoms with Crippen molar-refractivity contribution in [3.8, 4) is 23.0 Å². The van der Waals surface area contributed by atoms with Crippen molar-refractivity contribution in [3.05, 3.63) is 71.2 Å². The summed E-state index contributed by atoms with van der Waals surface area (Å²) in [6.07, 6.45) is -11.6. The number of halogens is 6. The van der Waals surface area contributed by atoms with Crippen LogP contribution < -0.4 is 10.2 Å². The monoisotopic (exact) mass is 564 g/mol.